The molecule has 1 amide bonds. The second-order valence-corrected chi connectivity index (χ2v) is 5.55. The molecule has 0 spiro atoms. The third-order valence-corrected chi connectivity index (χ3v) is 3.68. The molecule has 5 heteroatoms. The van der Waals surface area contributed by atoms with Crippen LogP contribution in [0.4, 0.5) is 11.4 Å². The maximum Gasteiger partial charge on any atom is 0.221 e. The predicted octanol–water partition coefficient (Wildman–Crippen LogP) is 2.98. The number of rotatable bonds is 3. The summed E-state index contributed by atoms with van der Waals surface area (Å²) in [6.45, 7) is 1.46. The molecule has 0 heterocycles. The van der Waals surface area contributed by atoms with Gasteiger partial charge in [-0.1, -0.05) is 11.6 Å². The Morgan fingerprint density at radius 3 is 2.84 bits per heavy atom. The molecule has 1 aliphatic carbocycles. The Kier molecular flexibility index (Phi) is 4.66. The molecule has 1 fully saturated rings. The van der Waals surface area contributed by atoms with Crippen molar-refractivity contribution in [3.8, 4) is 0 Å². The standard InChI is InChI=1S/C14H20ClN3O/c1-9(19)17-14-6-5-12(8-13(14)15)18-11-4-2-3-10(16)7-11/h5-6,8,10-11,18H,2-4,7,16H2,1H3,(H,17,19). The van der Waals surface area contributed by atoms with E-state index in [1.165, 1.54) is 6.92 Å². The number of anilines is 2. The van der Waals surface area contributed by atoms with Crippen LogP contribution in [0.15, 0.2) is 18.2 Å². The number of halogens is 1. The fourth-order valence-corrected chi connectivity index (χ4v) is 2.72. The molecule has 2 unspecified atom stereocenters. The Morgan fingerprint density at radius 2 is 2.21 bits per heavy atom. The summed E-state index contributed by atoms with van der Waals surface area (Å²) in [6.07, 6.45) is 4.40. The van der Waals surface area contributed by atoms with Crippen LogP contribution >= 0.6 is 11.6 Å². The molecule has 0 aromatic heterocycles. The molecule has 4 nitrogen and oxygen atoms in total. The van der Waals surface area contributed by atoms with Gasteiger partial charge >= 0.3 is 0 Å². The van der Waals surface area contributed by atoms with E-state index in [-0.39, 0.29) is 5.91 Å². The minimum Gasteiger partial charge on any atom is -0.382 e. The molecule has 1 saturated carbocycles. The molecule has 0 bridgehead atoms. The molecule has 1 aromatic carbocycles. The zero-order valence-corrected chi connectivity index (χ0v) is 11.8. The lowest BCUT2D eigenvalue weighted by Gasteiger charge is -2.28. The highest BCUT2D eigenvalue weighted by molar-refractivity contribution is 6.34. The Hall–Kier alpha value is -1.26. The highest BCUT2D eigenvalue weighted by Crippen LogP contribution is 2.27. The van der Waals surface area contributed by atoms with Gasteiger partial charge in [0.15, 0.2) is 0 Å². The predicted molar refractivity (Wildman–Crippen MR) is 79.6 cm³/mol. The first-order chi connectivity index (χ1) is 9.04. The first-order valence-electron chi connectivity index (χ1n) is 6.64. The third kappa shape index (κ3) is 4.11. The number of hydrogen-bond acceptors (Lipinski definition) is 3. The van der Waals surface area contributed by atoms with Gasteiger partial charge in [-0.25, -0.2) is 0 Å². The largest absolute Gasteiger partial charge is 0.382 e. The highest BCUT2D eigenvalue weighted by atomic mass is 35.5. The lowest BCUT2D eigenvalue weighted by molar-refractivity contribution is -0.114. The van der Waals surface area contributed by atoms with E-state index in [1.807, 2.05) is 18.2 Å². The monoisotopic (exact) mass is 281 g/mol. The van der Waals surface area contributed by atoms with Crippen LogP contribution in [0.3, 0.4) is 0 Å². The van der Waals surface area contributed by atoms with Crippen LogP contribution < -0.4 is 16.4 Å². The van der Waals surface area contributed by atoms with Crippen LogP contribution in [0, 0.1) is 0 Å². The number of hydrogen-bond donors (Lipinski definition) is 3. The number of nitrogens with one attached hydrogen (secondary N) is 2. The van der Waals surface area contributed by atoms with Crippen LogP contribution in [0.2, 0.25) is 5.02 Å². The normalized spacial score (nSPS) is 22.9. The minimum atomic E-state index is -0.124. The zero-order chi connectivity index (χ0) is 13.8. The molecule has 1 aliphatic rings. The lowest BCUT2D eigenvalue weighted by Crippen LogP contribution is -2.34. The van der Waals surface area contributed by atoms with Crippen molar-refractivity contribution in [3.05, 3.63) is 23.2 Å². The van der Waals surface area contributed by atoms with Crippen LogP contribution in [-0.2, 0) is 4.79 Å². The maximum atomic E-state index is 11.0. The molecule has 19 heavy (non-hydrogen) atoms. The first-order valence-corrected chi connectivity index (χ1v) is 7.01. The van der Waals surface area contributed by atoms with Gasteiger partial charge in [0.1, 0.15) is 0 Å². The van der Waals surface area contributed by atoms with Gasteiger partial charge < -0.3 is 16.4 Å². The molecule has 0 radical (unpaired) electrons. The topological polar surface area (TPSA) is 67.2 Å². The summed E-state index contributed by atoms with van der Waals surface area (Å²) in [4.78, 5) is 11.0. The number of carbonyl (C=O) groups is 1. The minimum absolute atomic E-state index is 0.124. The first kappa shape index (κ1) is 14.2. The maximum absolute atomic E-state index is 11.0. The van der Waals surface area contributed by atoms with Gasteiger partial charge in [-0.3, -0.25) is 4.79 Å². The summed E-state index contributed by atoms with van der Waals surface area (Å²) < 4.78 is 0. The van der Waals surface area contributed by atoms with E-state index in [2.05, 4.69) is 10.6 Å². The van der Waals surface area contributed by atoms with Crippen molar-refractivity contribution in [3.63, 3.8) is 0 Å². The van der Waals surface area contributed by atoms with Gasteiger partial charge in [0.05, 0.1) is 10.7 Å². The van der Waals surface area contributed by atoms with Crippen LogP contribution in [0.1, 0.15) is 32.6 Å². The van der Waals surface area contributed by atoms with Gasteiger partial charge in [-0.15, -0.1) is 0 Å². The summed E-state index contributed by atoms with van der Waals surface area (Å²) in [6, 6.07) is 6.28. The van der Waals surface area contributed by atoms with E-state index in [1.54, 1.807) is 0 Å². The second kappa shape index (κ2) is 6.26. The van der Waals surface area contributed by atoms with Gasteiger partial charge in [-0.05, 0) is 43.9 Å². The number of amides is 1. The van der Waals surface area contributed by atoms with E-state index in [4.69, 9.17) is 17.3 Å². The molecule has 0 aliphatic heterocycles. The molecule has 0 saturated heterocycles. The molecule has 2 atom stereocenters. The fraction of sp³-hybridized carbons (Fsp3) is 0.500. The number of carbonyl (C=O) groups excluding carboxylic acids is 1. The average molecular weight is 282 g/mol. The van der Waals surface area contributed by atoms with Gasteiger partial charge in [0, 0.05) is 24.7 Å². The van der Waals surface area contributed by atoms with Crippen molar-refractivity contribution in [2.75, 3.05) is 10.6 Å². The molecular formula is C14H20ClN3O. The van der Waals surface area contributed by atoms with Gasteiger partial charge in [0.25, 0.3) is 0 Å². The molecule has 1 aromatic rings. The van der Waals surface area contributed by atoms with Crippen LogP contribution in [0.5, 0.6) is 0 Å². The Bertz CT molecular complexity index is 464. The van der Waals surface area contributed by atoms with E-state index >= 15 is 0 Å². The average Bonchev–Trinajstić information content (AvgIpc) is 2.32. The quantitative estimate of drug-likeness (QED) is 0.798. The molecular weight excluding hydrogens is 262 g/mol. The van der Waals surface area contributed by atoms with Crippen molar-refractivity contribution in [2.45, 2.75) is 44.7 Å². The van der Waals surface area contributed by atoms with Crippen LogP contribution in [-0.4, -0.2) is 18.0 Å². The Morgan fingerprint density at radius 1 is 1.42 bits per heavy atom. The van der Waals surface area contributed by atoms with Crippen molar-refractivity contribution in [1.82, 2.24) is 0 Å². The number of nitrogens with two attached hydrogens (primary N) is 1. The second-order valence-electron chi connectivity index (χ2n) is 5.14. The molecule has 104 valence electrons. The fourth-order valence-electron chi connectivity index (χ4n) is 2.49. The van der Waals surface area contributed by atoms with Gasteiger partial charge in [-0.2, -0.15) is 0 Å². The molecule has 2 rings (SSSR count). The van der Waals surface area contributed by atoms with Crippen molar-refractivity contribution < 1.29 is 4.79 Å². The summed E-state index contributed by atoms with van der Waals surface area (Å²) in [5.41, 5.74) is 7.58. The summed E-state index contributed by atoms with van der Waals surface area (Å²) in [5.74, 6) is -0.124. The van der Waals surface area contributed by atoms with E-state index in [9.17, 15) is 4.79 Å². The van der Waals surface area contributed by atoms with Crippen molar-refractivity contribution >= 4 is 28.9 Å². The summed E-state index contributed by atoms with van der Waals surface area (Å²) in [5, 5.41) is 6.69. The Balaban J connectivity index is 2.01. The van der Waals surface area contributed by atoms with Crippen molar-refractivity contribution in [1.29, 1.82) is 0 Å². The highest BCUT2D eigenvalue weighted by Gasteiger charge is 2.19. The smallest absolute Gasteiger partial charge is 0.221 e. The Labute approximate surface area is 118 Å². The van der Waals surface area contributed by atoms with Crippen molar-refractivity contribution in [2.24, 2.45) is 5.73 Å². The number of benzene rings is 1. The summed E-state index contributed by atoms with van der Waals surface area (Å²) in [7, 11) is 0. The van der Waals surface area contributed by atoms with E-state index < -0.39 is 0 Å². The van der Waals surface area contributed by atoms with Gasteiger partial charge in [0.2, 0.25) is 5.91 Å². The van der Waals surface area contributed by atoms with Crippen LogP contribution in [0.25, 0.3) is 0 Å². The van der Waals surface area contributed by atoms with E-state index in [0.717, 1.165) is 31.4 Å². The zero-order valence-electron chi connectivity index (χ0n) is 11.1. The SMILES string of the molecule is CC(=O)Nc1ccc(NC2CCCC(N)C2)cc1Cl. The van der Waals surface area contributed by atoms with E-state index in [0.29, 0.717) is 22.8 Å². The third-order valence-electron chi connectivity index (χ3n) is 3.37. The summed E-state index contributed by atoms with van der Waals surface area (Å²) >= 11 is 6.14. The lowest BCUT2D eigenvalue weighted by atomic mass is 9.91. The molecule has 4 N–H and O–H groups in total.